The van der Waals surface area contributed by atoms with Crippen LogP contribution in [-0.2, 0) is 30.5 Å². The van der Waals surface area contributed by atoms with E-state index in [2.05, 4.69) is 5.32 Å². The molecule has 0 saturated carbocycles. The van der Waals surface area contributed by atoms with E-state index in [0.717, 1.165) is 45.7 Å². The van der Waals surface area contributed by atoms with Crippen LogP contribution in [0.2, 0.25) is 0 Å². The first-order valence-electron chi connectivity index (χ1n) is 18.6. The van der Waals surface area contributed by atoms with E-state index in [1.165, 1.54) is 18.0 Å². The Labute approximate surface area is 327 Å². The zero-order chi connectivity index (χ0) is 41.4. The Morgan fingerprint density at radius 3 is 2.39 bits per heavy atom. The Kier molecular flexibility index (Phi) is 13.9. The standard InChI is InChI=1S/C40H47F3N6O8/c1-25(50)38(55)49(23-27-20-44-21-31(27)43)36(37-45-32(29-19-28(41)9-10-30(29)42)24-47(37)22-26-7-5-4-6-8-26)40(2,3)14-18-57-39(56)46(15-13-35(53)54)16-17-48-33(51)11-12-34(48)52/h4-12,19,24-25,27,31,36,44,50H,13-18,20-23H2,1-3H3,(H,53,54)/t25-,27-,31-,36-/m0/s1. The van der Waals surface area contributed by atoms with Gasteiger partial charge < -0.3 is 34.6 Å². The van der Waals surface area contributed by atoms with E-state index < -0.39 is 77.5 Å². The van der Waals surface area contributed by atoms with Crippen LogP contribution in [0, 0.1) is 23.0 Å². The van der Waals surface area contributed by atoms with Gasteiger partial charge in [0.2, 0.25) is 0 Å². The van der Waals surface area contributed by atoms with Crippen molar-refractivity contribution in [1.82, 2.24) is 29.6 Å². The topological polar surface area (TPSA) is 175 Å². The number of aromatic nitrogens is 2. The molecular weight excluding hydrogens is 749 g/mol. The predicted octanol–water partition coefficient (Wildman–Crippen LogP) is 3.94. The van der Waals surface area contributed by atoms with Gasteiger partial charge in [0.15, 0.2) is 0 Å². The molecule has 1 aromatic heterocycles. The van der Waals surface area contributed by atoms with Gasteiger partial charge >= 0.3 is 12.1 Å². The van der Waals surface area contributed by atoms with Crippen molar-refractivity contribution >= 4 is 29.8 Å². The molecule has 2 aliphatic rings. The number of imide groups is 1. The van der Waals surface area contributed by atoms with Crippen molar-refractivity contribution < 1.29 is 52.1 Å². The Bertz CT molecular complexity index is 1950. The number of ether oxygens (including phenoxy) is 1. The van der Waals surface area contributed by atoms with Crippen molar-refractivity contribution in [1.29, 1.82) is 0 Å². The quantitative estimate of drug-likeness (QED) is 0.160. The first kappa shape index (κ1) is 42.6. The summed E-state index contributed by atoms with van der Waals surface area (Å²) in [6, 6.07) is 11.1. The number of benzene rings is 2. The summed E-state index contributed by atoms with van der Waals surface area (Å²) < 4.78 is 52.3. The summed E-state index contributed by atoms with van der Waals surface area (Å²) >= 11 is 0. The van der Waals surface area contributed by atoms with Gasteiger partial charge in [0.1, 0.15) is 29.7 Å². The van der Waals surface area contributed by atoms with Gasteiger partial charge in [0.25, 0.3) is 17.7 Å². The maximum absolute atomic E-state index is 15.3. The molecule has 0 bridgehead atoms. The molecule has 4 amide bonds. The number of nitrogens with one attached hydrogen (secondary N) is 1. The number of rotatable bonds is 18. The van der Waals surface area contributed by atoms with Crippen LogP contribution < -0.4 is 5.32 Å². The molecule has 3 aromatic rings. The smallest absolute Gasteiger partial charge is 0.409 e. The number of carbonyl (C=O) groups excluding carboxylic acids is 4. The molecule has 14 nitrogen and oxygen atoms in total. The number of alkyl halides is 1. The number of hydrogen-bond donors (Lipinski definition) is 3. The van der Waals surface area contributed by atoms with E-state index in [-0.39, 0.29) is 75.9 Å². The summed E-state index contributed by atoms with van der Waals surface area (Å²) in [6.45, 7) is 4.16. The number of carbonyl (C=O) groups is 5. The molecule has 306 valence electrons. The Morgan fingerprint density at radius 2 is 1.75 bits per heavy atom. The van der Waals surface area contributed by atoms with Crippen LogP contribution in [0.5, 0.6) is 0 Å². The lowest BCUT2D eigenvalue weighted by Gasteiger charge is -2.43. The molecule has 1 fully saturated rings. The number of imidazole rings is 1. The van der Waals surface area contributed by atoms with Crippen LogP contribution in [0.4, 0.5) is 18.0 Å². The molecule has 0 radical (unpaired) electrons. The van der Waals surface area contributed by atoms with Gasteiger partial charge in [-0.2, -0.15) is 0 Å². The van der Waals surface area contributed by atoms with Gasteiger partial charge in [-0.15, -0.1) is 0 Å². The number of nitrogens with zero attached hydrogens (tertiary/aromatic N) is 5. The predicted molar refractivity (Wildman–Crippen MR) is 200 cm³/mol. The van der Waals surface area contributed by atoms with E-state index in [1.807, 2.05) is 30.3 Å². The van der Waals surface area contributed by atoms with Crippen LogP contribution >= 0.6 is 0 Å². The molecule has 57 heavy (non-hydrogen) atoms. The first-order chi connectivity index (χ1) is 27.0. The zero-order valence-electron chi connectivity index (χ0n) is 31.9. The average molecular weight is 797 g/mol. The number of carboxylic acid groups (broad SMARTS) is 1. The van der Waals surface area contributed by atoms with Gasteiger partial charge in [0.05, 0.1) is 24.8 Å². The van der Waals surface area contributed by atoms with Crippen molar-refractivity contribution in [3.05, 3.63) is 89.9 Å². The molecule has 1 saturated heterocycles. The highest BCUT2D eigenvalue weighted by Crippen LogP contribution is 2.43. The summed E-state index contributed by atoms with van der Waals surface area (Å²) in [4.78, 5) is 71.2. The molecule has 5 rings (SSSR count). The second-order valence-corrected chi connectivity index (χ2v) is 14.9. The van der Waals surface area contributed by atoms with Gasteiger partial charge in [-0.3, -0.25) is 24.1 Å². The van der Waals surface area contributed by atoms with Crippen molar-refractivity contribution in [3.63, 3.8) is 0 Å². The Balaban J connectivity index is 1.52. The summed E-state index contributed by atoms with van der Waals surface area (Å²) in [5, 5.41) is 23.0. The lowest BCUT2D eigenvalue weighted by atomic mass is 9.79. The van der Waals surface area contributed by atoms with Gasteiger partial charge in [0, 0.05) is 75.6 Å². The first-order valence-corrected chi connectivity index (χ1v) is 18.6. The third-order valence-corrected chi connectivity index (χ3v) is 10.2. The molecule has 4 atom stereocenters. The second-order valence-electron chi connectivity index (χ2n) is 14.9. The second kappa shape index (κ2) is 18.6. The van der Waals surface area contributed by atoms with E-state index in [0.29, 0.717) is 0 Å². The molecule has 3 heterocycles. The van der Waals surface area contributed by atoms with E-state index in [4.69, 9.17) is 9.72 Å². The zero-order valence-corrected chi connectivity index (χ0v) is 31.9. The third kappa shape index (κ3) is 10.7. The van der Waals surface area contributed by atoms with Gasteiger partial charge in [-0.25, -0.2) is 22.9 Å². The van der Waals surface area contributed by atoms with Crippen molar-refractivity contribution in [2.45, 2.75) is 58.5 Å². The molecule has 0 unspecified atom stereocenters. The summed E-state index contributed by atoms with van der Waals surface area (Å²) in [6.07, 6.45) is -0.469. The highest BCUT2D eigenvalue weighted by molar-refractivity contribution is 6.12. The van der Waals surface area contributed by atoms with Crippen LogP contribution in [-0.4, -0.2) is 122 Å². The lowest BCUT2D eigenvalue weighted by molar-refractivity contribution is -0.146. The molecule has 0 spiro atoms. The number of halogens is 3. The van der Waals surface area contributed by atoms with Crippen LogP contribution in [0.1, 0.15) is 51.0 Å². The highest BCUT2D eigenvalue weighted by Gasteiger charge is 2.44. The van der Waals surface area contributed by atoms with Crippen molar-refractivity contribution in [2.24, 2.45) is 11.3 Å². The lowest BCUT2D eigenvalue weighted by Crippen LogP contribution is -2.50. The summed E-state index contributed by atoms with van der Waals surface area (Å²) in [5.74, 6) is -4.98. The Hall–Kier alpha value is -5.55. The number of aliphatic carboxylic acids is 1. The van der Waals surface area contributed by atoms with Crippen molar-refractivity contribution in [3.8, 4) is 11.3 Å². The molecule has 17 heteroatoms. The molecule has 2 aliphatic heterocycles. The molecular formula is C40H47F3N6O8. The minimum atomic E-state index is -1.53. The Morgan fingerprint density at radius 1 is 1.05 bits per heavy atom. The minimum absolute atomic E-state index is 0.0244. The summed E-state index contributed by atoms with van der Waals surface area (Å²) in [5.41, 5.74) is -0.383. The molecule has 3 N–H and O–H groups in total. The maximum atomic E-state index is 15.3. The van der Waals surface area contributed by atoms with Crippen molar-refractivity contribution in [2.75, 3.05) is 45.9 Å². The maximum Gasteiger partial charge on any atom is 0.409 e. The number of carboxylic acids is 1. The fourth-order valence-electron chi connectivity index (χ4n) is 7.01. The van der Waals surface area contributed by atoms with Gasteiger partial charge in [-0.1, -0.05) is 44.2 Å². The SMILES string of the molecule is C[C@H](O)C(=O)N(C[C@@H]1CNC[C@@H]1F)[C@@H](c1nc(-c2cc(F)ccc2F)cn1Cc1ccccc1)C(C)(C)CCOC(=O)N(CCC(=O)O)CCN1C(=O)C=CC1=O. The number of aliphatic hydroxyl groups is 1. The number of hydrogen-bond acceptors (Lipinski definition) is 9. The summed E-state index contributed by atoms with van der Waals surface area (Å²) in [7, 11) is 0. The number of aliphatic hydroxyl groups excluding tert-OH is 1. The van der Waals surface area contributed by atoms with Gasteiger partial charge in [-0.05, 0) is 42.5 Å². The third-order valence-electron chi connectivity index (χ3n) is 10.2. The normalized spacial score (nSPS) is 17.8. The monoisotopic (exact) mass is 796 g/mol. The van der Waals surface area contributed by atoms with Crippen LogP contribution in [0.3, 0.4) is 0 Å². The van der Waals surface area contributed by atoms with E-state index >= 15 is 8.78 Å². The minimum Gasteiger partial charge on any atom is -0.481 e. The van der Waals surface area contributed by atoms with Crippen LogP contribution in [0.25, 0.3) is 11.3 Å². The van der Waals surface area contributed by atoms with E-state index in [1.54, 1.807) is 18.4 Å². The molecule has 0 aliphatic carbocycles. The number of amides is 4. The highest BCUT2D eigenvalue weighted by atomic mass is 19.1. The van der Waals surface area contributed by atoms with E-state index in [9.17, 15) is 38.6 Å². The largest absolute Gasteiger partial charge is 0.481 e. The molecule has 2 aromatic carbocycles. The average Bonchev–Trinajstić information content (AvgIpc) is 3.86. The fourth-order valence-corrected chi connectivity index (χ4v) is 7.01. The fraction of sp³-hybridized carbons (Fsp3) is 0.450. The van der Waals surface area contributed by atoms with Crippen LogP contribution in [0.15, 0.2) is 66.9 Å².